The lowest BCUT2D eigenvalue weighted by atomic mass is 9.89. The first-order chi connectivity index (χ1) is 7.67. The van der Waals surface area contributed by atoms with Gasteiger partial charge in [0.05, 0.1) is 6.10 Å². The molecule has 0 aromatic heterocycles. The van der Waals surface area contributed by atoms with E-state index in [1.165, 1.54) is 0 Å². The third-order valence-electron chi connectivity index (χ3n) is 2.85. The lowest BCUT2D eigenvalue weighted by Gasteiger charge is -2.20. The second-order valence-corrected chi connectivity index (χ2v) is 4.34. The van der Waals surface area contributed by atoms with E-state index in [2.05, 4.69) is 18.0 Å². The van der Waals surface area contributed by atoms with E-state index in [0.29, 0.717) is 5.92 Å². The molecule has 2 unspecified atom stereocenters. The highest BCUT2D eigenvalue weighted by atomic mass is 16.3. The Hall–Kier alpha value is -1.09. The molecule has 1 rings (SSSR count). The van der Waals surface area contributed by atoms with E-state index in [9.17, 15) is 5.11 Å². The first-order valence-corrected chi connectivity index (χ1v) is 5.95. The Kier molecular flexibility index (Phi) is 5.26. The van der Waals surface area contributed by atoms with Gasteiger partial charge in [-0.2, -0.15) is 0 Å². The molecule has 0 saturated heterocycles. The van der Waals surface area contributed by atoms with Gasteiger partial charge in [-0.15, -0.1) is 0 Å². The highest BCUT2D eigenvalue weighted by Crippen LogP contribution is 2.24. The molecule has 0 spiro atoms. The summed E-state index contributed by atoms with van der Waals surface area (Å²) in [6.07, 6.45) is 9.39. The summed E-state index contributed by atoms with van der Waals surface area (Å²) in [6.45, 7) is 2.09. The van der Waals surface area contributed by atoms with Crippen LogP contribution >= 0.6 is 0 Å². The number of nitrogens with two attached hydrogens (primary N) is 1. The Morgan fingerprint density at radius 2 is 2.44 bits per heavy atom. The van der Waals surface area contributed by atoms with Crippen LogP contribution < -0.4 is 5.73 Å². The Balaban J connectivity index is 2.58. The SMILES string of the molecule is CCCC(O)CC1C=C(C=NC)C(N)=CC1. The zero-order valence-electron chi connectivity index (χ0n) is 10.2. The molecular weight excluding hydrogens is 200 g/mol. The van der Waals surface area contributed by atoms with E-state index in [1.54, 1.807) is 13.3 Å². The minimum Gasteiger partial charge on any atom is -0.398 e. The average molecular weight is 222 g/mol. The third kappa shape index (κ3) is 3.81. The van der Waals surface area contributed by atoms with Gasteiger partial charge in [-0.05, 0) is 25.2 Å². The van der Waals surface area contributed by atoms with Crippen molar-refractivity contribution in [1.82, 2.24) is 0 Å². The Bertz CT molecular complexity index is 305. The molecule has 0 saturated carbocycles. The normalized spacial score (nSPS) is 23.1. The molecule has 3 heteroatoms. The number of hydrogen-bond donors (Lipinski definition) is 2. The van der Waals surface area contributed by atoms with Crippen LogP contribution in [0, 0.1) is 5.92 Å². The lowest BCUT2D eigenvalue weighted by molar-refractivity contribution is 0.140. The van der Waals surface area contributed by atoms with Crippen LogP contribution in [0.4, 0.5) is 0 Å². The second kappa shape index (κ2) is 6.48. The summed E-state index contributed by atoms with van der Waals surface area (Å²) in [5, 5.41) is 9.77. The van der Waals surface area contributed by atoms with Gasteiger partial charge >= 0.3 is 0 Å². The van der Waals surface area contributed by atoms with Crippen molar-refractivity contribution in [2.24, 2.45) is 16.6 Å². The topological polar surface area (TPSA) is 58.6 Å². The number of allylic oxidation sites excluding steroid dienone is 3. The number of aliphatic hydroxyl groups excluding tert-OH is 1. The predicted octanol–water partition coefficient (Wildman–Crippen LogP) is 2.03. The first-order valence-electron chi connectivity index (χ1n) is 5.95. The van der Waals surface area contributed by atoms with Gasteiger partial charge in [-0.3, -0.25) is 4.99 Å². The Labute approximate surface area is 97.8 Å². The zero-order valence-corrected chi connectivity index (χ0v) is 10.2. The van der Waals surface area contributed by atoms with Crippen molar-refractivity contribution in [3.8, 4) is 0 Å². The van der Waals surface area contributed by atoms with Crippen LogP contribution in [0.3, 0.4) is 0 Å². The maximum absolute atomic E-state index is 9.77. The van der Waals surface area contributed by atoms with Gasteiger partial charge in [-0.1, -0.05) is 25.5 Å². The monoisotopic (exact) mass is 222 g/mol. The summed E-state index contributed by atoms with van der Waals surface area (Å²) in [5.74, 6) is 0.391. The van der Waals surface area contributed by atoms with Gasteiger partial charge in [0.15, 0.2) is 0 Å². The van der Waals surface area contributed by atoms with E-state index >= 15 is 0 Å². The molecule has 3 nitrogen and oxygen atoms in total. The van der Waals surface area contributed by atoms with Crippen LogP contribution in [0.25, 0.3) is 0 Å². The molecule has 0 aromatic rings. The molecule has 0 aliphatic heterocycles. The van der Waals surface area contributed by atoms with Crippen molar-refractivity contribution < 1.29 is 5.11 Å². The van der Waals surface area contributed by atoms with Crippen molar-refractivity contribution >= 4 is 6.21 Å². The largest absolute Gasteiger partial charge is 0.398 e. The van der Waals surface area contributed by atoms with Crippen molar-refractivity contribution in [3.63, 3.8) is 0 Å². The summed E-state index contributed by atoms with van der Waals surface area (Å²) in [7, 11) is 1.74. The summed E-state index contributed by atoms with van der Waals surface area (Å²) in [4.78, 5) is 3.98. The standard InChI is InChI=1S/C13H22N2O/c1-3-4-12(16)8-10-5-6-13(14)11(7-10)9-15-2/h6-7,9-10,12,16H,3-5,8,14H2,1-2H3. The average Bonchev–Trinajstić information content (AvgIpc) is 2.24. The van der Waals surface area contributed by atoms with Gasteiger partial charge in [0, 0.05) is 24.5 Å². The van der Waals surface area contributed by atoms with Crippen LogP contribution in [0.2, 0.25) is 0 Å². The molecule has 0 amide bonds. The van der Waals surface area contributed by atoms with Crippen LogP contribution in [0.15, 0.2) is 28.4 Å². The van der Waals surface area contributed by atoms with E-state index in [0.717, 1.165) is 37.0 Å². The third-order valence-corrected chi connectivity index (χ3v) is 2.85. The Morgan fingerprint density at radius 1 is 1.69 bits per heavy atom. The predicted molar refractivity (Wildman–Crippen MR) is 68.4 cm³/mol. The van der Waals surface area contributed by atoms with Gasteiger partial charge in [0.2, 0.25) is 0 Å². The maximum Gasteiger partial charge on any atom is 0.0545 e. The second-order valence-electron chi connectivity index (χ2n) is 4.34. The minimum absolute atomic E-state index is 0.196. The molecular formula is C13H22N2O. The number of aliphatic hydroxyl groups is 1. The summed E-state index contributed by atoms with van der Waals surface area (Å²) >= 11 is 0. The van der Waals surface area contributed by atoms with Crippen molar-refractivity contribution in [3.05, 3.63) is 23.4 Å². The number of rotatable bonds is 5. The van der Waals surface area contributed by atoms with Crippen molar-refractivity contribution in [2.75, 3.05) is 7.05 Å². The molecule has 0 fully saturated rings. The summed E-state index contributed by atoms with van der Waals surface area (Å²) < 4.78 is 0. The number of nitrogens with zero attached hydrogens (tertiary/aromatic N) is 1. The molecule has 0 aromatic carbocycles. The molecule has 0 heterocycles. The lowest BCUT2D eigenvalue weighted by Crippen LogP contribution is -2.16. The van der Waals surface area contributed by atoms with E-state index in [1.807, 2.05) is 6.08 Å². The van der Waals surface area contributed by atoms with E-state index in [4.69, 9.17) is 5.73 Å². The molecule has 90 valence electrons. The fourth-order valence-electron chi connectivity index (χ4n) is 2.04. The van der Waals surface area contributed by atoms with E-state index < -0.39 is 0 Å². The molecule has 1 aliphatic carbocycles. The molecule has 1 aliphatic rings. The summed E-state index contributed by atoms with van der Waals surface area (Å²) in [6, 6.07) is 0. The maximum atomic E-state index is 9.77. The van der Waals surface area contributed by atoms with Crippen molar-refractivity contribution in [1.29, 1.82) is 0 Å². The molecule has 3 N–H and O–H groups in total. The number of hydrogen-bond acceptors (Lipinski definition) is 3. The zero-order chi connectivity index (χ0) is 12.0. The number of aliphatic imine (C=N–C) groups is 1. The van der Waals surface area contributed by atoms with Gasteiger partial charge in [0.1, 0.15) is 0 Å². The van der Waals surface area contributed by atoms with Crippen molar-refractivity contribution in [2.45, 2.75) is 38.7 Å². The highest BCUT2D eigenvalue weighted by molar-refractivity contribution is 5.84. The molecule has 2 atom stereocenters. The van der Waals surface area contributed by atoms with Gasteiger partial charge in [0.25, 0.3) is 0 Å². The van der Waals surface area contributed by atoms with Gasteiger partial charge < -0.3 is 10.8 Å². The van der Waals surface area contributed by atoms with Crippen LogP contribution in [-0.4, -0.2) is 24.5 Å². The molecule has 16 heavy (non-hydrogen) atoms. The minimum atomic E-state index is -0.196. The fourth-order valence-corrected chi connectivity index (χ4v) is 2.04. The van der Waals surface area contributed by atoms with Gasteiger partial charge in [-0.25, -0.2) is 0 Å². The summed E-state index contributed by atoms with van der Waals surface area (Å²) in [5.41, 5.74) is 7.64. The van der Waals surface area contributed by atoms with Crippen LogP contribution in [0.1, 0.15) is 32.6 Å². The fraction of sp³-hybridized carbons (Fsp3) is 0.615. The van der Waals surface area contributed by atoms with Crippen LogP contribution in [0.5, 0.6) is 0 Å². The molecule has 0 radical (unpaired) electrons. The highest BCUT2D eigenvalue weighted by Gasteiger charge is 2.16. The quantitative estimate of drug-likeness (QED) is 0.699. The van der Waals surface area contributed by atoms with E-state index in [-0.39, 0.29) is 6.10 Å². The Morgan fingerprint density at radius 3 is 3.06 bits per heavy atom. The first kappa shape index (κ1) is 13.0. The van der Waals surface area contributed by atoms with Crippen LogP contribution in [-0.2, 0) is 0 Å². The smallest absolute Gasteiger partial charge is 0.0545 e. The molecule has 0 bridgehead atoms.